The molecule has 3 heterocycles. The van der Waals surface area contributed by atoms with E-state index in [0.717, 1.165) is 12.0 Å². The van der Waals surface area contributed by atoms with Gasteiger partial charge in [0.1, 0.15) is 11.4 Å². The average molecular weight is 457 g/mol. The largest absolute Gasteiger partial charge is 0.494 e. The molecule has 0 bridgehead atoms. The molecule has 2 aromatic carbocycles. The number of benzene rings is 2. The minimum atomic E-state index is -0.402. The van der Waals surface area contributed by atoms with Crippen molar-refractivity contribution in [3.8, 4) is 17.2 Å². The lowest BCUT2D eigenvalue weighted by atomic mass is 10.0. The maximum Gasteiger partial charge on any atom is 0.278 e. The molecule has 0 aliphatic carbocycles. The molecule has 2 aliphatic heterocycles. The van der Waals surface area contributed by atoms with Gasteiger partial charge in [-0.15, -0.1) is 0 Å². The molecule has 0 saturated heterocycles. The van der Waals surface area contributed by atoms with Crippen molar-refractivity contribution in [3.63, 3.8) is 0 Å². The first-order chi connectivity index (χ1) is 16.6. The molecule has 172 valence electrons. The molecule has 34 heavy (non-hydrogen) atoms. The van der Waals surface area contributed by atoms with E-state index < -0.39 is 5.91 Å². The van der Waals surface area contributed by atoms with Gasteiger partial charge in [0.2, 0.25) is 6.79 Å². The summed E-state index contributed by atoms with van der Waals surface area (Å²) in [6.45, 7) is 2.94. The summed E-state index contributed by atoms with van der Waals surface area (Å²) in [7, 11) is 0. The van der Waals surface area contributed by atoms with Crippen LogP contribution in [0.5, 0.6) is 17.2 Å². The topological polar surface area (TPSA) is 90.0 Å². The van der Waals surface area contributed by atoms with Gasteiger partial charge in [-0.3, -0.25) is 19.5 Å². The summed E-state index contributed by atoms with van der Waals surface area (Å²) in [5, 5.41) is 3.15. The Morgan fingerprint density at radius 3 is 2.50 bits per heavy atom. The van der Waals surface area contributed by atoms with Crippen LogP contribution in [0.1, 0.15) is 24.5 Å². The van der Waals surface area contributed by atoms with Crippen molar-refractivity contribution in [2.75, 3.05) is 18.7 Å². The molecule has 2 aliphatic rings. The lowest BCUT2D eigenvalue weighted by molar-refractivity contribution is -0.137. The average Bonchev–Trinajstić information content (AvgIpc) is 3.42. The van der Waals surface area contributed by atoms with Crippen molar-refractivity contribution in [1.82, 2.24) is 9.88 Å². The first-order valence-corrected chi connectivity index (χ1v) is 11.0. The van der Waals surface area contributed by atoms with Crippen LogP contribution in [0.3, 0.4) is 0 Å². The fourth-order valence-corrected chi connectivity index (χ4v) is 3.83. The Morgan fingerprint density at radius 2 is 1.74 bits per heavy atom. The molecule has 0 atom stereocenters. The Bertz CT molecular complexity index is 1260. The Balaban J connectivity index is 1.49. The van der Waals surface area contributed by atoms with E-state index in [1.807, 2.05) is 6.92 Å². The highest BCUT2D eigenvalue weighted by Gasteiger charge is 2.39. The quantitative estimate of drug-likeness (QED) is 0.512. The third kappa shape index (κ3) is 4.17. The van der Waals surface area contributed by atoms with Crippen molar-refractivity contribution >= 4 is 23.1 Å². The number of aromatic nitrogens is 1. The van der Waals surface area contributed by atoms with E-state index in [1.165, 1.54) is 4.90 Å². The lowest BCUT2D eigenvalue weighted by Crippen LogP contribution is -2.32. The highest BCUT2D eigenvalue weighted by molar-refractivity contribution is 6.36. The van der Waals surface area contributed by atoms with Gasteiger partial charge in [0.25, 0.3) is 11.8 Å². The number of pyridine rings is 1. The number of carbonyl (C=O) groups excluding carboxylic acids is 2. The standard InChI is InChI=1S/C26H23N3O5/c1-2-13-32-20-6-3-18(4-7-20)23-24(28-19-5-8-21-22(14-19)34-16-33-21)26(31)29(25(23)30)15-17-9-11-27-12-10-17/h3-12,14,28H,2,13,15-16H2,1H3. The van der Waals surface area contributed by atoms with Crippen LogP contribution in [0, 0.1) is 0 Å². The van der Waals surface area contributed by atoms with Crippen molar-refractivity contribution in [2.45, 2.75) is 19.9 Å². The molecular weight excluding hydrogens is 434 g/mol. The van der Waals surface area contributed by atoms with E-state index in [9.17, 15) is 9.59 Å². The number of nitrogens with zero attached hydrogens (tertiary/aromatic N) is 2. The van der Waals surface area contributed by atoms with Gasteiger partial charge in [-0.2, -0.15) is 0 Å². The number of nitrogens with one attached hydrogen (secondary N) is 1. The maximum absolute atomic E-state index is 13.5. The van der Waals surface area contributed by atoms with Crippen LogP contribution < -0.4 is 19.5 Å². The van der Waals surface area contributed by atoms with Crippen LogP contribution in [0.15, 0.2) is 72.7 Å². The van der Waals surface area contributed by atoms with E-state index >= 15 is 0 Å². The number of rotatable bonds is 8. The number of ether oxygens (including phenoxy) is 3. The molecule has 5 rings (SSSR count). The summed E-state index contributed by atoms with van der Waals surface area (Å²) >= 11 is 0. The van der Waals surface area contributed by atoms with Crippen molar-refractivity contribution in [2.24, 2.45) is 0 Å². The fraction of sp³-hybridized carbons (Fsp3) is 0.192. The molecule has 8 heteroatoms. The molecule has 0 saturated carbocycles. The third-order valence-corrected chi connectivity index (χ3v) is 5.52. The second kappa shape index (κ2) is 9.27. The zero-order valence-corrected chi connectivity index (χ0v) is 18.6. The van der Waals surface area contributed by atoms with E-state index in [2.05, 4.69) is 10.3 Å². The van der Waals surface area contributed by atoms with Gasteiger partial charge in [0.15, 0.2) is 11.5 Å². The fourth-order valence-electron chi connectivity index (χ4n) is 3.83. The number of amides is 2. The van der Waals surface area contributed by atoms with Gasteiger partial charge in [-0.05, 0) is 53.9 Å². The molecule has 1 aromatic heterocycles. The molecule has 2 amide bonds. The molecular formula is C26H23N3O5. The third-order valence-electron chi connectivity index (χ3n) is 5.52. The molecule has 0 spiro atoms. The molecule has 0 radical (unpaired) electrons. The minimum absolute atomic E-state index is 0.147. The molecule has 1 N–H and O–H groups in total. The number of carbonyl (C=O) groups is 2. The molecule has 3 aromatic rings. The zero-order valence-electron chi connectivity index (χ0n) is 18.6. The van der Waals surface area contributed by atoms with Crippen LogP contribution in [0.2, 0.25) is 0 Å². The normalized spacial score (nSPS) is 14.7. The van der Waals surface area contributed by atoms with Crippen LogP contribution in [0.4, 0.5) is 5.69 Å². The number of fused-ring (bicyclic) bond motifs is 1. The van der Waals surface area contributed by atoms with Crippen LogP contribution in [-0.2, 0) is 16.1 Å². The molecule has 0 fully saturated rings. The van der Waals surface area contributed by atoms with Crippen molar-refractivity contribution < 1.29 is 23.8 Å². The van der Waals surface area contributed by atoms with Crippen molar-refractivity contribution in [1.29, 1.82) is 0 Å². The second-order valence-corrected chi connectivity index (χ2v) is 7.87. The summed E-state index contributed by atoms with van der Waals surface area (Å²) < 4.78 is 16.5. The van der Waals surface area contributed by atoms with E-state index in [-0.39, 0.29) is 24.9 Å². The van der Waals surface area contributed by atoms with Crippen molar-refractivity contribution in [3.05, 3.63) is 83.8 Å². The second-order valence-electron chi connectivity index (χ2n) is 7.87. The first kappa shape index (κ1) is 21.5. The van der Waals surface area contributed by atoms with E-state index in [1.54, 1.807) is 67.0 Å². The van der Waals surface area contributed by atoms with Gasteiger partial charge in [0.05, 0.1) is 18.7 Å². The summed E-state index contributed by atoms with van der Waals surface area (Å²) in [4.78, 5) is 32.2. The number of anilines is 1. The van der Waals surface area contributed by atoms with Gasteiger partial charge >= 0.3 is 0 Å². The van der Waals surface area contributed by atoms with Crippen LogP contribution in [-0.4, -0.2) is 35.1 Å². The summed E-state index contributed by atoms with van der Waals surface area (Å²) in [6.07, 6.45) is 4.17. The lowest BCUT2D eigenvalue weighted by Gasteiger charge is -2.15. The van der Waals surface area contributed by atoms with Crippen LogP contribution in [0.25, 0.3) is 5.57 Å². The number of hydrogen-bond donors (Lipinski definition) is 1. The van der Waals surface area contributed by atoms with Gasteiger partial charge < -0.3 is 19.5 Å². The van der Waals surface area contributed by atoms with Gasteiger partial charge in [-0.25, -0.2) is 0 Å². The molecule has 0 unspecified atom stereocenters. The maximum atomic E-state index is 13.5. The Labute approximate surface area is 196 Å². The monoisotopic (exact) mass is 457 g/mol. The number of imide groups is 1. The summed E-state index contributed by atoms with van der Waals surface area (Å²) in [5.74, 6) is 1.15. The zero-order chi connectivity index (χ0) is 23.5. The summed E-state index contributed by atoms with van der Waals surface area (Å²) in [5.41, 5.74) is 2.57. The number of hydrogen-bond acceptors (Lipinski definition) is 7. The predicted molar refractivity (Wildman–Crippen MR) is 125 cm³/mol. The van der Waals surface area contributed by atoms with E-state index in [0.29, 0.717) is 40.7 Å². The first-order valence-electron chi connectivity index (χ1n) is 11.0. The Kier molecular flexibility index (Phi) is 5.86. The van der Waals surface area contributed by atoms with Crippen LogP contribution >= 0.6 is 0 Å². The highest BCUT2D eigenvalue weighted by atomic mass is 16.7. The Hall–Kier alpha value is -4.33. The predicted octanol–water partition coefficient (Wildman–Crippen LogP) is 3.99. The molecule has 8 nitrogen and oxygen atoms in total. The van der Waals surface area contributed by atoms with Gasteiger partial charge in [0, 0.05) is 24.1 Å². The SMILES string of the molecule is CCCOc1ccc(C2=C(Nc3ccc4c(c3)OCO4)C(=O)N(Cc3ccncc3)C2=O)cc1. The summed E-state index contributed by atoms with van der Waals surface area (Å²) in [6, 6.07) is 16.1. The smallest absolute Gasteiger partial charge is 0.278 e. The van der Waals surface area contributed by atoms with Gasteiger partial charge in [-0.1, -0.05) is 19.1 Å². The highest BCUT2D eigenvalue weighted by Crippen LogP contribution is 2.37. The minimum Gasteiger partial charge on any atom is -0.494 e. The Morgan fingerprint density at radius 1 is 0.971 bits per heavy atom. The van der Waals surface area contributed by atoms with E-state index in [4.69, 9.17) is 14.2 Å².